The van der Waals surface area contributed by atoms with E-state index in [0.29, 0.717) is 19.0 Å². The highest BCUT2D eigenvalue weighted by molar-refractivity contribution is 5.31. The first-order valence-electron chi connectivity index (χ1n) is 8.38. The van der Waals surface area contributed by atoms with Crippen LogP contribution in [0.1, 0.15) is 41.6 Å². The Morgan fingerprint density at radius 2 is 1.78 bits per heavy atom. The van der Waals surface area contributed by atoms with Gasteiger partial charge in [-0.2, -0.15) is 4.98 Å². The number of benzene rings is 1. The van der Waals surface area contributed by atoms with Gasteiger partial charge in [0.1, 0.15) is 5.82 Å². The molecule has 0 aliphatic heterocycles. The van der Waals surface area contributed by atoms with Gasteiger partial charge >= 0.3 is 0 Å². The van der Waals surface area contributed by atoms with Crippen LogP contribution in [-0.2, 0) is 19.3 Å². The molecule has 0 aliphatic rings. The number of hydrogen-bond donors (Lipinski definition) is 1. The van der Waals surface area contributed by atoms with E-state index in [4.69, 9.17) is 10.5 Å². The Bertz CT molecular complexity index is 623. The summed E-state index contributed by atoms with van der Waals surface area (Å²) in [6.45, 7) is 7.35. The summed E-state index contributed by atoms with van der Waals surface area (Å²) in [5.74, 6) is 1.47. The largest absolute Gasteiger partial charge is 0.477 e. The minimum absolute atomic E-state index is 0.582. The smallest absolute Gasteiger partial charge is 0.220 e. The summed E-state index contributed by atoms with van der Waals surface area (Å²) >= 11 is 0. The lowest BCUT2D eigenvalue weighted by molar-refractivity contribution is 0.294. The van der Waals surface area contributed by atoms with Crippen LogP contribution < -0.4 is 10.5 Å². The molecule has 0 fully saturated rings. The van der Waals surface area contributed by atoms with Crippen LogP contribution in [0.4, 0.5) is 0 Å². The second kappa shape index (κ2) is 8.63. The van der Waals surface area contributed by atoms with E-state index in [0.717, 1.165) is 42.8 Å². The number of aryl methyl sites for hydroxylation is 4. The van der Waals surface area contributed by atoms with Crippen LogP contribution in [0.5, 0.6) is 5.88 Å². The second-order valence-electron chi connectivity index (χ2n) is 5.83. The van der Waals surface area contributed by atoms with E-state index in [1.165, 1.54) is 11.1 Å². The van der Waals surface area contributed by atoms with Gasteiger partial charge in [-0.25, -0.2) is 4.98 Å². The first kappa shape index (κ1) is 17.4. The molecule has 0 radical (unpaired) electrons. The zero-order chi connectivity index (χ0) is 16.7. The summed E-state index contributed by atoms with van der Waals surface area (Å²) in [5.41, 5.74) is 10.5. The number of hydrogen-bond acceptors (Lipinski definition) is 4. The van der Waals surface area contributed by atoms with Crippen molar-refractivity contribution in [1.82, 2.24) is 9.97 Å². The van der Waals surface area contributed by atoms with Gasteiger partial charge in [-0.1, -0.05) is 36.8 Å². The lowest BCUT2D eigenvalue weighted by atomic mass is 10.1. The van der Waals surface area contributed by atoms with Crippen LogP contribution in [0.25, 0.3) is 0 Å². The van der Waals surface area contributed by atoms with Gasteiger partial charge in [0.25, 0.3) is 0 Å². The fourth-order valence-corrected chi connectivity index (χ4v) is 2.63. The minimum atomic E-state index is 0.582. The van der Waals surface area contributed by atoms with Gasteiger partial charge < -0.3 is 10.5 Å². The van der Waals surface area contributed by atoms with Crippen LogP contribution in [0.2, 0.25) is 0 Å². The molecule has 0 bridgehead atoms. The second-order valence-corrected chi connectivity index (χ2v) is 5.83. The summed E-state index contributed by atoms with van der Waals surface area (Å²) in [4.78, 5) is 8.98. The van der Waals surface area contributed by atoms with Gasteiger partial charge in [-0.3, -0.25) is 0 Å². The SMILES string of the molecule is CCc1nc(C)nc(OCCCc2ccc(C)cc2)c1CCN. The summed E-state index contributed by atoms with van der Waals surface area (Å²) in [6.07, 6.45) is 3.61. The van der Waals surface area contributed by atoms with E-state index in [1.807, 2.05) is 6.92 Å². The zero-order valence-electron chi connectivity index (χ0n) is 14.4. The summed E-state index contributed by atoms with van der Waals surface area (Å²) in [6, 6.07) is 8.66. The van der Waals surface area contributed by atoms with E-state index >= 15 is 0 Å². The average molecular weight is 313 g/mol. The molecular weight excluding hydrogens is 286 g/mol. The van der Waals surface area contributed by atoms with Crippen molar-refractivity contribution in [2.45, 2.75) is 46.5 Å². The molecule has 0 saturated carbocycles. The Kier molecular flexibility index (Phi) is 6.53. The average Bonchev–Trinajstić information content (AvgIpc) is 2.55. The first-order valence-corrected chi connectivity index (χ1v) is 8.38. The Balaban J connectivity index is 1.96. The van der Waals surface area contributed by atoms with Crippen molar-refractivity contribution in [1.29, 1.82) is 0 Å². The summed E-state index contributed by atoms with van der Waals surface area (Å²) in [7, 11) is 0. The van der Waals surface area contributed by atoms with Crippen molar-refractivity contribution in [3.8, 4) is 5.88 Å². The number of aromatic nitrogens is 2. The molecule has 0 aliphatic carbocycles. The van der Waals surface area contributed by atoms with Crippen molar-refractivity contribution in [3.63, 3.8) is 0 Å². The Hall–Kier alpha value is -1.94. The third-order valence-electron chi connectivity index (χ3n) is 3.87. The molecule has 1 aromatic carbocycles. The topological polar surface area (TPSA) is 61.0 Å². The molecule has 0 saturated heterocycles. The molecule has 1 heterocycles. The quantitative estimate of drug-likeness (QED) is 0.760. The molecule has 0 amide bonds. The van der Waals surface area contributed by atoms with Gasteiger partial charge in [0.05, 0.1) is 12.3 Å². The highest BCUT2D eigenvalue weighted by Crippen LogP contribution is 2.20. The predicted molar refractivity (Wildman–Crippen MR) is 93.9 cm³/mol. The molecule has 2 rings (SSSR count). The fourth-order valence-electron chi connectivity index (χ4n) is 2.63. The molecule has 124 valence electrons. The Morgan fingerprint density at radius 3 is 2.43 bits per heavy atom. The molecule has 2 aromatic rings. The van der Waals surface area contributed by atoms with Crippen molar-refractivity contribution in [2.24, 2.45) is 5.73 Å². The Morgan fingerprint density at radius 1 is 1.04 bits per heavy atom. The third-order valence-corrected chi connectivity index (χ3v) is 3.87. The van der Waals surface area contributed by atoms with Crippen LogP contribution in [0, 0.1) is 13.8 Å². The first-order chi connectivity index (χ1) is 11.1. The van der Waals surface area contributed by atoms with Crippen LogP contribution in [0.3, 0.4) is 0 Å². The standard InChI is InChI=1S/C19H27N3O/c1-4-18-17(11-12-20)19(22-15(3)21-18)23-13-5-6-16-9-7-14(2)8-10-16/h7-10H,4-6,11-13,20H2,1-3H3. The molecule has 4 nitrogen and oxygen atoms in total. The lowest BCUT2D eigenvalue weighted by Crippen LogP contribution is -2.12. The van der Waals surface area contributed by atoms with E-state index in [-0.39, 0.29) is 0 Å². The molecule has 0 unspecified atom stereocenters. The zero-order valence-corrected chi connectivity index (χ0v) is 14.4. The maximum absolute atomic E-state index is 5.95. The molecular formula is C19H27N3O. The van der Waals surface area contributed by atoms with Crippen molar-refractivity contribution in [2.75, 3.05) is 13.2 Å². The van der Waals surface area contributed by atoms with Gasteiger partial charge in [0.2, 0.25) is 5.88 Å². The fraction of sp³-hybridized carbons (Fsp3) is 0.474. The minimum Gasteiger partial charge on any atom is -0.477 e. The third kappa shape index (κ3) is 5.03. The van der Waals surface area contributed by atoms with Gasteiger partial charge in [0, 0.05) is 5.56 Å². The van der Waals surface area contributed by atoms with Crippen LogP contribution in [0.15, 0.2) is 24.3 Å². The molecule has 0 spiro atoms. The maximum Gasteiger partial charge on any atom is 0.220 e. The lowest BCUT2D eigenvalue weighted by Gasteiger charge is -2.14. The van der Waals surface area contributed by atoms with Gasteiger partial charge in [-0.05, 0) is 51.6 Å². The van der Waals surface area contributed by atoms with Crippen LogP contribution >= 0.6 is 0 Å². The molecule has 1 aromatic heterocycles. The van der Waals surface area contributed by atoms with Crippen molar-refractivity contribution in [3.05, 3.63) is 52.5 Å². The number of rotatable bonds is 8. The van der Waals surface area contributed by atoms with E-state index < -0.39 is 0 Å². The van der Waals surface area contributed by atoms with Crippen molar-refractivity contribution >= 4 is 0 Å². The maximum atomic E-state index is 5.95. The normalized spacial score (nSPS) is 10.8. The van der Waals surface area contributed by atoms with Crippen LogP contribution in [-0.4, -0.2) is 23.1 Å². The van der Waals surface area contributed by atoms with Gasteiger partial charge in [0.15, 0.2) is 0 Å². The summed E-state index contributed by atoms with van der Waals surface area (Å²) in [5, 5.41) is 0. The van der Waals surface area contributed by atoms with Gasteiger partial charge in [-0.15, -0.1) is 0 Å². The molecule has 4 heteroatoms. The number of nitrogens with zero attached hydrogens (tertiary/aromatic N) is 2. The number of nitrogens with two attached hydrogens (primary N) is 1. The Labute approximate surface area is 139 Å². The monoisotopic (exact) mass is 313 g/mol. The molecule has 23 heavy (non-hydrogen) atoms. The van der Waals surface area contributed by atoms with E-state index in [9.17, 15) is 0 Å². The summed E-state index contributed by atoms with van der Waals surface area (Å²) < 4.78 is 5.95. The van der Waals surface area contributed by atoms with E-state index in [1.54, 1.807) is 0 Å². The van der Waals surface area contributed by atoms with E-state index in [2.05, 4.69) is 48.1 Å². The molecule has 2 N–H and O–H groups in total. The highest BCUT2D eigenvalue weighted by atomic mass is 16.5. The van der Waals surface area contributed by atoms with Crippen molar-refractivity contribution < 1.29 is 4.74 Å². The molecule has 0 atom stereocenters. The predicted octanol–water partition coefficient (Wildman–Crippen LogP) is 3.17. The highest BCUT2D eigenvalue weighted by Gasteiger charge is 2.12. The number of ether oxygens (including phenoxy) is 1.